The molecule has 0 saturated heterocycles. The zero-order valence-corrected chi connectivity index (χ0v) is 12.9. The molecule has 20 heavy (non-hydrogen) atoms. The lowest BCUT2D eigenvalue weighted by Gasteiger charge is -2.14. The molecule has 5 heteroatoms. The van der Waals surface area contributed by atoms with Gasteiger partial charge < -0.3 is 5.32 Å². The molecule has 1 aromatic rings. The van der Waals surface area contributed by atoms with E-state index in [1.165, 1.54) is 0 Å². The van der Waals surface area contributed by atoms with Gasteiger partial charge in [-0.2, -0.15) is 5.26 Å². The highest BCUT2D eigenvalue weighted by atomic mass is 32.2. The SMILES string of the molecule is CCC(C)CS(=O)C(C)C(=O)Nc1cccc(C#N)c1. The van der Waals surface area contributed by atoms with Crippen LogP contribution in [0.1, 0.15) is 32.8 Å². The summed E-state index contributed by atoms with van der Waals surface area (Å²) in [5.41, 5.74) is 1.04. The normalized spacial score (nSPS) is 14.9. The van der Waals surface area contributed by atoms with Crippen LogP contribution in [-0.4, -0.2) is 21.1 Å². The molecule has 108 valence electrons. The molecule has 0 bridgehead atoms. The quantitative estimate of drug-likeness (QED) is 0.876. The lowest BCUT2D eigenvalue weighted by Crippen LogP contribution is -2.31. The molecule has 0 heterocycles. The maximum absolute atomic E-state index is 12.1. The molecule has 3 unspecified atom stereocenters. The van der Waals surface area contributed by atoms with Gasteiger partial charge in [-0.15, -0.1) is 0 Å². The van der Waals surface area contributed by atoms with Crippen molar-refractivity contribution in [2.75, 3.05) is 11.1 Å². The summed E-state index contributed by atoms with van der Waals surface area (Å²) in [7, 11) is -1.18. The van der Waals surface area contributed by atoms with Crippen LogP contribution in [0.3, 0.4) is 0 Å². The number of nitrogens with one attached hydrogen (secondary N) is 1. The molecule has 1 N–H and O–H groups in total. The zero-order chi connectivity index (χ0) is 15.1. The lowest BCUT2D eigenvalue weighted by atomic mass is 10.2. The summed E-state index contributed by atoms with van der Waals surface area (Å²) < 4.78 is 12.1. The maximum Gasteiger partial charge on any atom is 0.239 e. The minimum absolute atomic E-state index is 0.276. The molecule has 0 spiro atoms. The van der Waals surface area contributed by atoms with Gasteiger partial charge in [0.15, 0.2) is 0 Å². The summed E-state index contributed by atoms with van der Waals surface area (Å²) in [6, 6.07) is 8.70. The molecule has 0 saturated carbocycles. The van der Waals surface area contributed by atoms with Gasteiger partial charge in [0.2, 0.25) is 5.91 Å². The largest absolute Gasteiger partial charge is 0.325 e. The second-order valence-electron chi connectivity index (χ2n) is 4.88. The van der Waals surface area contributed by atoms with Gasteiger partial charge in [-0.1, -0.05) is 26.3 Å². The first kappa shape index (κ1) is 16.4. The van der Waals surface area contributed by atoms with Gasteiger partial charge in [-0.25, -0.2) is 0 Å². The van der Waals surface area contributed by atoms with Gasteiger partial charge >= 0.3 is 0 Å². The van der Waals surface area contributed by atoms with E-state index in [1.54, 1.807) is 31.2 Å². The zero-order valence-electron chi connectivity index (χ0n) is 12.1. The van der Waals surface area contributed by atoms with Crippen LogP contribution in [0.15, 0.2) is 24.3 Å². The Labute approximate surface area is 122 Å². The minimum atomic E-state index is -1.18. The van der Waals surface area contributed by atoms with Crippen LogP contribution in [0.2, 0.25) is 0 Å². The summed E-state index contributed by atoms with van der Waals surface area (Å²) in [6.07, 6.45) is 0.949. The first-order chi connectivity index (χ1) is 9.47. The summed E-state index contributed by atoms with van der Waals surface area (Å²) in [5.74, 6) is 0.596. The predicted octanol–water partition coefficient (Wildman–Crippen LogP) is 2.68. The minimum Gasteiger partial charge on any atom is -0.325 e. The second kappa shape index (κ2) is 7.81. The number of carbonyl (C=O) groups excluding carboxylic acids is 1. The number of carbonyl (C=O) groups is 1. The van der Waals surface area contributed by atoms with Gasteiger partial charge in [0.05, 0.1) is 11.6 Å². The number of nitrogens with zero attached hydrogens (tertiary/aromatic N) is 1. The summed E-state index contributed by atoms with van der Waals surface area (Å²) in [4.78, 5) is 12.0. The molecule has 1 aromatic carbocycles. The van der Waals surface area contributed by atoms with E-state index in [2.05, 4.69) is 5.32 Å². The molecule has 0 aliphatic heterocycles. The highest BCUT2D eigenvalue weighted by Gasteiger charge is 2.21. The first-order valence-corrected chi connectivity index (χ1v) is 8.04. The Kier molecular flexibility index (Phi) is 6.40. The fraction of sp³-hybridized carbons (Fsp3) is 0.467. The molecule has 3 atom stereocenters. The number of hydrogen-bond donors (Lipinski definition) is 1. The third kappa shape index (κ3) is 4.78. The maximum atomic E-state index is 12.1. The smallest absolute Gasteiger partial charge is 0.239 e. The van der Waals surface area contributed by atoms with Crippen molar-refractivity contribution in [1.82, 2.24) is 0 Å². The third-order valence-corrected chi connectivity index (χ3v) is 5.07. The number of nitriles is 1. The highest BCUT2D eigenvalue weighted by Crippen LogP contribution is 2.12. The van der Waals surface area contributed by atoms with Crippen LogP contribution in [0.25, 0.3) is 0 Å². The molecule has 4 nitrogen and oxygen atoms in total. The van der Waals surface area contributed by atoms with E-state index in [0.717, 1.165) is 6.42 Å². The van der Waals surface area contributed by atoms with Crippen LogP contribution in [0, 0.1) is 17.2 Å². The van der Waals surface area contributed by atoms with Crippen molar-refractivity contribution in [3.05, 3.63) is 29.8 Å². The molecule has 0 aliphatic rings. The molecule has 1 amide bonds. The Morgan fingerprint density at radius 2 is 2.15 bits per heavy atom. The van der Waals surface area contributed by atoms with Gasteiger partial charge in [0, 0.05) is 22.2 Å². The van der Waals surface area contributed by atoms with E-state index in [0.29, 0.717) is 22.9 Å². The van der Waals surface area contributed by atoms with Crippen molar-refractivity contribution >= 4 is 22.4 Å². The summed E-state index contributed by atoms with van der Waals surface area (Å²) in [5, 5.41) is 11.0. The van der Waals surface area contributed by atoms with Crippen LogP contribution in [0.5, 0.6) is 0 Å². The number of hydrogen-bond acceptors (Lipinski definition) is 3. The van der Waals surface area contributed by atoms with Crippen molar-refractivity contribution < 1.29 is 9.00 Å². The first-order valence-electron chi connectivity index (χ1n) is 6.66. The van der Waals surface area contributed by atoms with Crippen molar-refractivity contribution in [3.8, 4) is 6.07 Å². The van der Waals surface area contributed by atoms with Gasteiger partial charge in [0.1, 0.15) is 5.25 Å². The fourth-order valence-electron chi connectivity index (χ4n) is 1.57. The van der Waals surface area contributed by atoms with Gasteiger partial charge in [-0.05, 0) is 31.0 Å². The van der Waals surface area contributed by atoms with Crippen molar-refractivity contribution in [2.24, 2.45) is 5.92 Å². The molecule has 0 fully saturated rings. The fourth-order valence-corrected chi connectivity index (χ4v) is 2.96. The monoisotopic (exact) mass is 292 g/mol. The topological polar surface area (TPSA) is 70.0 Å². The van der Waals surface area contributed by atoms with E-state index in [-0.39, 0.29) is 5.91 Å². The van der Waals surface area contributed by atoms with Crippen LogP contribution in [-0.2, 0) is 15.6 Å². The molecule has 0 aliphatic carbocycles. The van der Waals surface area contributed by atoms with E-state index >= 15 is 0 Å². The van der Waals surface area contributed by atoms with E-state index in [1.807, 2.05) is 19.9 Å². The van der Waals surface area contributed by atoms with E-state index in [4.69, 9.17) is 5.26 Å². The Morgan fingerprint density at radius 3 is 2.75 bits per heavy atom. The third-order valence-electron chi connectivity index (χ3n) is 3.17. The number of anilines is 1. The van der Waals surface area contributed by atoms with Crippen molar-refractivity contribution in [2.45, 2.75) is 32.4 Å². The predicted molar refractivity (Wildman–Crippen MR) is 81.7 cm³/mol. The Bertz CT molecular complexity index is 537. The summed E-state index contributed by atoms with van der Waals surface area (Å²) in [6.45, 7) is 5.74. The number of amides is 1. The van der Waals surface area contributed by atoms with Gasteiger partial charge in [-0.3, -0.25) is 9.00 Å². The Balaban J connectivity index is 2.66. The van der Waals surface area contributed by atoms with E-state index in [9.17, 15) is 9.00 Å². The Hall–Kier alpha value is -1.67. The average Bonchev–Trinajstić information content (AvgIpc) is 2.46. The number of benzene rings is 1. The van der Waals surface area contributed by atoms with Gasteiger partial charge in [0.25, 0.3) is 0 Å². The van der Waals surface area contributed by atoms with E-state index < -0.39 is 16.0 Å². The molecular formula is C15H20N2O2S. The molecule has 0 aromatic heterocycles. The number of rotatable bonds is 6. The van der Waals surface area contributed by atoms with Crippen molar-refractivity contribution in [1.29, 1.82) is 5.26 Å². The standard InChI is InChI=1S/C15H20N2O2S/c1-4-11(2)10-20(19)12(3)15(18)17-14-7-5-6-13(8-14)9-16/h5-8,11-12H,4,10H2,1-3H3,(H,17,18). The molecule has 0 radical (unpaired) electrons. The van der Waals surface area contributed by atoms with Crippen molar-refractivity contribution in [3.63, 3.8) is 0 Å². The van der Waals surface area contributed by atoms with Crippen LogP contribution in [0.4, 0.5) is 5.69 Å². The second-order valence-corrected chi connectivity index (χ2v) is 6.69. The van der Waals surface area contributed by atoms with Crippen LogP contribution < -0.4 is 5.32 Å². The summed E-state index contributed by atoms with van der Waals surface area (Å²) >= 11 is 0. The molecular weight excluding hydrogens is 272 g/mol. The molecule has 1 rings (SSSR count). The highest BCUT2D eigenvalue weighted by molar-refractivity contribution is 7.86. The van der Waals surface area contributed by atoms with Crippen LogP contribution >= 0.6 is 0 Å². The average molecular weight is 292 g/mol. The lowest BCUT2D eigenvalue weighted by molar-refractivity contribution is -0.115. The Morgan fingerprint density at radius 1 is 1.45 bits per heavy atom.